The highest BCUT2D eigenvalue weighted by Crippen LogP contribution is 2.37. The van der Waals surface area contributed by atoms with Gasteiger partial charge < -0.3 is 10.5 Å². The number of nitrogens with two attached hydrogens (primary N) is 1. The lowest BCUT2D eigenvalue weighted by Crippen LogP contribution is -2.14. The number of carbonyl (C=O) groups excluding carboxylic acids is 1. The lowest BCUT2D eigenvalue weighted by atomic mass is 10.0. The standard InChI is InChI=1S/C10H8F5NO2/c1-4(17)5-2-8(18-9(11)12)7(16)3-6(5)10(13,14)15/h2-3,9H,16H2,1H3. The van der Waals surface area contributed by atoms with E-state index in [2.05, 4.69) is 4.74 Å². The minimum Gasteiger partial charge on any atom is -0.433 e. The molecule has 0 amide bonds. The second kappa shape index (κ2) is 4.79. The first kappa shape index (κ1) is 14.2. The van der Waals surface area contributed by atoms with Gasteiger partial charge in [-0.2, -0.15) is 22.0 Å². The largest absolute Gasteiger partial charge is 0.433 e. The first-order valence-corrected chi connectivity index (χ1v) is 4.59. The van der Waals surface area contributed by atoms with E-state index in [0.717, 1.165) is 6.92 Å². The van der Waals surface area contributed by atoms with E-state index in [1.807, 2.05) is 0 Å². The summed E-state index contributed by atoms with van der Waals surface area (Å²) < 4.78 is 65.6. The van der Waals surface area contributed by atoms with Gasteiger partial charge in [0.25, 0.3) is 0 Å². The fourth-order valence-corrected chi connectivity index (χ4v) is 1.32. The summed E-state index contributed by atoms with van der Waals surface area (Å²) in [5.41, 5.74) is 2.49. The maximum atomic E-state index is 12.6. The van der Waals surface area contributed by atoms with Crippen LogP contribution in [-0.2, 0) is 6.18 Å². The molecule has 18 heavy (non-hydrogen) atoms. The van der Waals surface area contributed by atoms with Gasteiger partial charge in [-0.05, 0) is 19.1 Å². The van der Waals surface area contributed by atoms with E-state index in [4.69, 9.17) is 5.73 Å². The van der Waals surface area contributed by atoms with Crippen LogP contribution in [-0.4, -0.2) is 12.4 Å². The number of alkyl halides is 5. The summed E-state index contributed by atoms with van der Waals surface area (Å²) in [7, 11) is 0. The van der Waals surface area contributed by atoms with Gasteiger partial charge in [-0.25, -0.2) is 0 Å². The van der Waals surface area contributed by atoms with Crippen LogP contribution in [0, 0.1) is 0 Å². The smallest absolute Gasteiger partial charge is 0.417 e. The molecule has 0 aromatic heterocycles. The van der Waals surface area contributed by atoms with E-state index in [1.54, 1.807) is 0 Å². The van der Waals surface area contributed by atoms with Gasteiger partial charge in [-0.15, -0.1) is 0 Å². The van der Waals surface area contributed by atoms with Crippen molar-refractivity contribution in [2.45, 2.75) is 19.7 Å². The van der Waals surface area contributed by atoms with Crippen LogP contribution in [0.5, 0.6) is 5.75 Å². The van der Waals surface area contributed by atoms with E-state index in [9.17, 15) is 26.7 Å². The zero-order valence-electron chi connectivity index (χ0n) is 9.02. The Morgan fingerprint density at radius 3 is 2.28 bits per heavy atom. The third kappa shape index (κ3) is 3.08. The van der Waals surface area contributed by atoms with Crippen LogP contribution in [0.1, 0.15) is 22.8 Å². The van der Waals surface area contributed by atoms with Crippen LogP contribution in [0.15, 0.2) is 12.1 Å². The fourth-order valence-electron chi connectivity index (χ4n) is 1.32. The molecule has 0 radical (unpaired) electrons. The summed E-state index contributed by atoms with van der Waals surface area (Å²) in [5.74, 6) is -1.59. The van der Waals surface area contributed by atoms with Crippen molar-refractivity contribution in [1.82, 2.24) is 0 Å². The van der Waals surface area contributed by atoms with E-state index in [1.165, 1.54) is 0 Å². The molecule has 0 aliphatic carbocycles. The molecule has 1 rings (SSSR count). The highest BCUT2D eigenvalue weighted by atomic mass is 19.4. The highest BCUT2D eigenvalue weighted by molar-refractivity contribution is 5.97. The Kier molecular flexibility index (Phi) is 3.78. The molecule has 0 atom stereocenters. The van der Waals surface area contributed by atoms with Crippen LogP contribution < -0.4 is 10.5 Å². The van der Waals surface area contributed by atoms with Crippen molar-refractivity contribution in [1.29, 1.82) is 0 Å². The van der Waals surface area contributed by atoms with Gasteiger partial charge in [0.1, 0.15) is 5.75 Å². The molecule has 8 heteroatoms. The van der Waals surface area contributed by atoms with Crippen molar-refractivity contribution in [3.8, 4) is 5.75 Å². The first-order valence-electron chi connectivity index (χ1n) is 4.59. The zero-order valence-corrected chi connectivity index (χ0v) is 9.02. The molecule has 0 spiro atoms. The lowest BCUT2D eigenvalue weighted by Gasteiger charge is -2.15. The Bertz CT molecular complexity index is 470. The van der Waals surface area contributed by atoms with Gasteiger partial charge in [-0.1, -0.05) is 0 Å². The number of ketones is 1. The van der Waals surface area contributed by atoms with Gasteiger partial charge in [0, 0.05) is 5.56 Å². The summed E-state index contributed by atoms with van der Waals surface area (Å²) in [6.07, 6.45) is -4.81. The SMILES string of the molecule is CC(=O)c1cc(OC(F)F)c(N)cc1C(F)(F)F. The minimum atomic E-state index is -4.81. The van der Waals surface area contributed by atoms with Crippen molar-refractivity contribution in [3.63, 3.8) is 0 Å². The Labute approximate surface area is 98.3 Å². The molecular formula is C10H8F5NO2. The molecule has 0 unspecified atom stereocenters. The molecule has 0 heterocycles. The first-order chi connectivity index (χ1) is 8.12. The molecule has 0 bridgehead atoms. The van der Waals surface area contributed by atoms with Gasteiger partial charge in [-0.3, -0.25) is 4.79 Å². The molecular weight excluding hydrogens is 261 g/mol. The van der Waals surface area contributed by atoms with E-state index >= 15 is 0 Å². The summed E-state index contributed by atoms with van der Waals surface area (Å²) in [6.45, 7) is -2.36. The van der Waals surface area contributed by atoms with Crippen LogP contribution in [0.4, 0.5) is 27.6 Å². The average molecular weight is 269 g/mol. The predicted molar refractivity (Wildman–Crippen MR) is 52.5 cm³/mol. The summed E-state index contributed by atoms with van der Waals surface area (Å²) >= 11 is 0. The molecule has 3 nitrogen and oxygen atoms in total. The molecule has 0 aliphatic rings. The number of carbonyl (C=O) groups is 1. The molecule has 100 valence electrons. The van der Waals surface area contributed by atoms with Gasteiger partial charge in [0.2, 0.25) is 0 Å². The van der Waals surface area contributed by atoms with E-state index < -0.39 is 41.1 Å². The van der Waals surface area contributed by atoms with Crippen molar-refractivity contribution in [3.05, 3.63) is 23.3 Å². The van der Waals surface area contributed by atoms with Gasteiger partial charge in [0.15, 0.2) is 5.78 Å². The van der Waals surface area contributed by atoms with E-state index in [0.29, 0.717) is 12.1 Å². The third-order valence-corrected chi connectivity index (χ3v) is 2.05. The van der Waals surface area contributed by atoms with Gasteiger partial charge >= 0.3 is 12.8 Å². The van der Waals surface area contributed by atoms with Crippen LogP contribution in [0.25, 0.3) is 0 Å². The lowest BCUT2D eigenvalue weighted by molar-refractivity contribution is -0.137. The molecule has 0 saturated carbocycles. The second-order valence-corrected chi connectivity index (χ2v) is 3.37. The number of benzene rings is 1. The maximum Gasteiger partial charge on any atom is 0.417 e. The van der Waals surface area contributed by atoms with Crippen molar-refractivity contribution in [2.24, 2.45) is 0 Å². The van der Waals surface area contributed by atoms with Crippen LogP contribution >= 0.6 is 0 Å². The highest BCUT2D eigenvalue weighted by Gasteiger charge is 2.35. The number of hydrogen-bond acceptors (Lipinski definition) is 3. The number of halogens is 5. The topological polar surface area (TPSA) is 52.3 Å². The fraction of sp³-hybridized carbons (Fsp3) is 0.300. The van der Waals surface area contributed by atoms with E-state index in [-0.39, 0.29) is 0 Å². The second-order valence-electron chi connectivity index (χ2n) is 3.37. The molecule has 2 N–H and O–H groups in total. The Morgan fingerprint density at radius 2 is 1.89 bits per heavy atom. The number of Topliss-reactive ketones (excluding diaryl/α,β-unsaturated/α-hetero) is 1. The summed E-state index contributed by atoms with van der Waals surface area (Å²) in [6, 6.07) is 0.959. The number of ether oxygens (including phenoxy) is 1. The number of hydrogen-bond donors (Lipinski definition) is 1. The quantitative estimate of drug-likeness (QED) is 0.521. The molecule has 0 saturated heterocycles. The van der Waals surface area contributed by atoms with Crippen molar-refractivity contribution < 1.29 is 31.5 Å². The normalized spacial score (nSPS) is 11.7. The van der Waals surface area contributed by atoms with Crippen LogP contribution in [0.3, 0.4) is 0 Å². The maximum absolute atomic E-state index is 12.6. The predicted octanol–water partition coefficient (Wildman–Crippen LogP) is 3.09. The Hall–Kier alpha value is -1.86. The zero-order chi connectivity index (χ0) is 14.1. The monoisotopic (exact) mass is 269 g/mol. The number of rotatable bonds is 3. The number of nitrogen functional groups attached to an aromatic ring is 1. The average Bonchev–Trinajstić information content (AvgIpc) is 2.17. The summed E-state index contributed by atoms with van der Waals surface area (Å²) in [5, 5.41) is 0. The van der Waals surface area contributed by atoms with Crippen LogP contribution in [0.2, 0.25) is 0 Å². The summed E-state index contributed by atoms with van der Waals surface area (Å²) in [4.78, 5) is 11.1. The molecule has 1 aromatic carbocycles. The Morgan fingerprint density at radius 1 is 1.33 bits per heavy atom. The Balaban J connectivity index is 3.39. The number of anilines is 1. The molecule has 0 fully saturated rings. The third-order valence-electron chi connectivity index (χ3n) is 2.05. The van der Waals surface area contributed by atoms with Crippen molar-refractivity contribution in [2.75, 3.05) is 5.73 Å². The molecule has 0 aliphatic heterocycles. The molecule has 1 aromatic rings. The van der Waals surface area contributed by atoms with Crippen molar-refractivity contribution >= 4 is 11.5 Å². The van der Waals surface area contributed by atoms with Gasteiger partial charge in [0.05, 0.1) is 11.3 Å². The minimum absolute atomic E-state index is 0.397.